The minimum absolute atomic E-state index is 0.110. The summed E-state index contributed by atoms with van der Waals surface area (Å²) in [6.07, 6.45) is 0. The zero-order chi connectivity index (χ0) is 18.3. The molecule has 0 saturated carbocycles. The molecule has 7 nitrogen and oxygen atoms in total. The summed E-state index contributed by atoms with van der Waals surface area (Å²) in [6.45, 7) is 0. The molecule has 3 aromatic rings. The van der Waals surface area contributed by atoms with Gasteiger partial charge >= 0.3 is 0 Å². The number of nitrogens with zero attached hydrogens (tertiary/aromatic N) is 2. The summed E-state index contributed by atoms with van der Waals surface area (Å²) in [7, 11) is 0. The maximum Gasteiger partial charge on any atom is 0.271 e. The van der Waals surface area contributed by atoms with E-state index in [2.05, 4.69) is 10.5 Å². The fourth-order valence-corrected chi connectivity index (χ4v) is 2.99. The van der Waals surface area contributed by atoms with E-state index >= 15 is 0 Å². The van der Waals surface area contributed by atoms with E-state index in [1.54, 1.807) is 18.2 Å². The lowest BCUT2D eigenvalue weighted by molar-refractivity contribution is -0.384. The molecule has 126 valence electrons. The predicted octanol–water partition coefficient (Wildman–Crippen LogP) is 3.08. The van der Waals surface area contributed by atoms with E-state index in [-0.39, 0.29) is 22.7 Å². The molecule has 0 atom stereocenters. The zero-order valence-electron chi connectivity index (χ0n) is 13.3. The second-order valence-corrected chi connectivity index (χ2v) is 5.74. The van der Waals surface area contributed by atoms with Crippen molar-refractivity contribution in [3.63, 3.8) is 0 Å². The Balaban J connectivity index is 1.64. The first-order valence-electron chi connectivity index (χ1n) is 7.75. The van der Waals surface area contributed by atoms with Crippen LogP contribution in [0.2, 0.25) is 0 Å². The van der Waals surface area contributed by atoms with E-state index in [4.69, 9.17) is 0 Å². The van der Waals surface area contributed by atoms with Gasteiger partial charge in [0.1, 0.15) is 5.71 Å². The molecule has 26 heavy (non-hydrogen) atoms. The first kappa shape index (κ1) is 15.6. The monoisotopic (exact) mass is 345 g/mol. The Bertz CT molecular complexity index is 1110. The van der Waals surface area contributed by atoms with Gasteiger partial charge in [-0.25, -0.2) is 5.43 Å². The number of nitro benzene ring substituents is 1. The van der Waals surface area contributed by atoms with Crippen molar-refractivity contribution in [2.75, 3.05) is 0 Å². The second kappa shape index (κ2) is 5.89. The van der Waals surface area contributed by atoms with Crippen LogP contribution in [-0.2, 0) is 0 Å². The number of carbonyl (C=O) groups is 2. The fraction of sp³-hybridized carbons (Fsp3) is 0. The lowest BCUT2D eigenvalue weighted by Gasteiger charge is -2.02. The molecular weight excluding hydrogens is 334 g/mol. The summed E-state index contributed by atoms with van der Waals surface area (Å²) < 4.78 is 0. The second-order valence-electron chi connectivity index (χ2n) is 5.74. The van der Waals surface area contributed by atoms with Gasteiger partial charge in [0.2, 0.25) is 5.78 Å². The van der Waals surface area contributed by atoms with Gasteiger partial charge in [-0.15, -0.1) is 0 Å². The van der Waals surface area contributed by atoms with Gasteiger partial charge in [-0.2, -0.15) is 5.10 Å². The van der Waals surface area contributed by atoms with Crippen LogP contribution in [0.25, 0.3) is 10.8 Å². The number of Topliss-reactive ketones (excluding diaryl/α,β-unsaturated/α-hetero) is 1. The number of nitro groups is 1. The van der Waals surface area contributed by atoms with Crippen LogP contribution in [0.1, 0.15) is 26.3 Å². The molecule has 1 aliphatic rings. The quantitative estimate of drug-likeness (QED) is 0.582. The number of ketones is 1. The molecule has 0 aromatic heterocycles. The molecule has 0 saturated heterocycles. The van der Waals surface area contributed by atoms with Crippen LogP contribution in [0, 0.1) is 10.1 Å². The summed E-state index contributed by atoms with van der Waals surface area (Å²) in [5.74, 6) is -0.802. The molecule has 0 fully saturated rings. The number of benzene rings is 3. The number of hydrogen-bond acceptors (Lipinski definition) is 5. The minimum atomic E-state index is -0.552. The highest BCUT2D eigenvalue weighted by Gasteiger charge is 2.28. The Morgan fingerprint density at radius 1 is 0.962 bits per heavy atom. The van der Waals surface area contributed by atoms with Gasteiger partial charge in [-0.3, -0.25) is 19.7 Å². The molecule has 4 rings (SSSR count). The molecule has 1 amide bonds. The summed E-state index contributed by atoms with van der Waals surface area (Å²) in [4.78, 5) is 34.9. The standard InChI is InChI=1S/C19H11N3O4/c23-18-15-6-2-4-11-3-1-5-14(16(11)15)17(18)20-21-19(24)12-7-9-13(10-8-12)22(25)26/h1-10H,(H,21,24)/b20-17-. The smallest absolute Gasteiger partial charge is 0.271 e. The topological polar surface area (TPSA) is 102 Å². The lowest BCUT2D eigenvalue weighted by Crippen LogP contribution is -2.22. The van der Waals surface area contributed by atoms with Gasteiger partial charge in [0.15, 0.2) is 0 Å². The van der Waals surface area contributed by atoms with Gasteiger partial charge < -0.3 is 0 Å². The highest BCUT2D eigenvalue weighted by Crippen LogP contribution is 2.30. The fourth-order valence-electron chi connectivity index (χ4n) is 2.99. The van der Waals surface area contributed by atoms with Crippen LogP contribution in [0.3, 0.4) is 0 Å². The number of rotatable bonds is 3. The highest BCUT2D eigenvalue weighted by molar-refractivity contribution is 6.59. The maximum atomic E-state index is 12.6. The van der Waals surface area contributed by atoms with Crippen molar-refractivity contribution in [3.8, 4) is 0 Å². The molecule has 0 unspecified atom stereocenters. The summed E-state index contributed by atoms with van der Waals surface area (Å²) in [6, 6.07) is 16.1. The maximum absolute atomic E-state index is 12.6. The van der Waals surface area contributed by atoms with Gasteiger partial charge in [0.25, 0.3) is 11.6 Å². The van der Waals surface area contributed by atoms with Crippen LogP contribution < -0.4 is 5.43 Å². The predicted molar refractivity (Wildman–Crippen MR) is 95.4 cm³/mol. The normalized spacial score (nSPS) is 14.0. The molecule has 0 radical (unpaired) electrons. The van der Waals surface area contributed by atoms with Crippen molar-refractivity contribution in [1.29, 1.82) is 0 Å². The van der Waals surface area contributed by atoms with E-state index in [0.717, 1.165) is 10.8 Å². The Labute approximate surface area is 147 Å². The van der Waals surface area contributed by atoms with Crippen LogP contribution in [-0.4, -0.2) is 22.3 Å². The van der Waals surface area contributed by atoms with Crippen molar-refractivity contribution in [1.82, 2.24) is 5.43 Å². The van der Waals surface area contributed by atoms with E-state index in [1.165, 1.54) is 24.3 Å². The van der Waals surface area contributed by atoms with Crippen molar-refractivity contribution >= 4 is 33.9 Å². The molecule has 1 N–H and O–H groups in total. The highest BCUT2D eigenvalue weighted by atomic mass is 16.6. The third-order valence-corrected chi connectivity index (χ3v) is 4.23. The Morgan fingerprint density at radius 3 is 2.27 bits per heavy atom. The minimum Gasteiger partial charge on any atom is -0.287 e. The van der Waals surface area contributed by atoms with Gasteiger partial charge in [0, 0.05) is 34.2 Å². The number of amides is 1. The number of hydrazone groups is 1. The first-order valence-corrected chi connectivity index (χ1v) is 7.75. The van der Waals surface area contributed by atoms with Gasteiger partial charge in [-0.1, -0.05) is 36.4 Å². The Hall–Kier alpha value is -3.87. The molecule has 0 spiro atoms. The molecule has 1 aliphatic carbocycles. The molecule has 3 aromatic carbocycles. The van der Waals surface area contributed by atoms with Crippen molar-refractivity contribution < 1.29 is 14.5 Å². The third kappa shape index (κ3) is 2.42. The van der Waals surface area contributed by atoms with Crippen molar-refractivity contribution in [2.24, 2.45) is 5.10 Å². The van der Waals surface area contributed by atoms with E-state index in [0.29, 0.717) is 11.1 Å². The van der Waals surface area contributed by atoms with Gasteiger partial charge in [0.05, 0.1) is 4.92 Å². The van der Waals surface area contributed by atoms with Crippen molar-refractivity contribution in [3.05, 3.63) is 87.5 Å². The number of hydrogen-bond donors (Lipinski definition) is 1. The van der Waals surface area contributed by atoms with Gasteiger partial charge in [-0.05, 0) is 17.5 Å². The van der Waals surface area contributed by atoms with Crippen LogP contribution in [0.15, 0.2) is 65.8 Å². The van der Waals surface area contributed by atoms with Crippen molar-refractivity contribution in [2.45, 2.75) is 0 Å². The van der Waals surface area contributed by atoms with Crippen LogP contribution in [0.4, 0.5) is 5.69 Å². The van der Waals surface area contributed by atoms with E-state index < -0.39 is 10.8 Å². The Kier molecular flexibility index (Phi) is 3.54. The van der Waals surface area contributed by atoms with E-state index in [9.17, 15) is 19.7 Å². The lowest BCUT2D eigenvalue weighted by atomic mass is 10.1. The van der Waals surface area contributed by atoms with E-state index in [1.807, 2.05) is 18.2 Å². The molecule has 0 aliphatic heterocycles. The summed E-state index contributed by atoms with van der Waals surface area (Å²) in [5, 5.41) is 16.4. The SMILES string of the molecule is O=C(N/N=C1\C(=O)c2cccc3cccc1c23)c1ccc([N+](=O)[O-])cc1. The molecule has 0 heterocycles. The number of nitrogens with one attached hydrogen (secondary N) is 1. The van der Waals surface area contributed by atoms with Crippen LogP contribution >= 0.6 is 0 Å². The summed E-state index contributed by atoms with van der Waals surface area (Å²) >= 11 is 0. The average molecular weight is 345 g/mol. The van der Waals surface area contributed by atoms with Crippen LogP contribution in [0.5, 0.6) is 0 Å². The zero-order valence-corrected chi connectivity index (χ0v) is 13.3. The molecule has 0 bridgehead atoms. The largest absolute Gasteiger partial charge is 0.287 e. The number of non-ortho nitro benzene ring substituents is 1. The summed E-state index contributed by atoms with van der Waals surface area (Å²) in [5.41, 5.74) is 3.86. The first-order chi connectivity index (χ1) is 12.6. The molecule has 7 heteroatoms. The third-order valence-electron chi connectivity index (χ3n) is 4.23. The average Bonchev–Trinajstić information content (AvgIpc) is 2.94. The Morgan fingerprint density at radius 2 is 1.62 bits per heavy atom. The molecular formula is C19H11N3O4. The number of carbonyl (C=O) groups excluding carboxylic acids is 2.